The fourth-order valence-corrected chi connectivity index (χ4v) is 2.69. The molecule has 3 aromatic carbocycles. The minimum atomic E-state index is 0.852. The van der Waals surface area contributed by atoms with E-state index in [4.69, 9.17) is 0 Å². The second-order valence-corrected chi connectivity index (χ2v) is 5.66. The molecule has 0 fully saturated rings. The van der Waals surface area contributed by atoms with E-state index in [-0.39, 0.29) is 0 Å². The zero-order chi connectivity index (χ0) is 16.1. The van der Waals surface area contributed by atoms with Crippen LogP contribution in [0, 0.1) is 0 Å². The quantitative estimate of drug-likeness (QED) is 0.551. The van der Waals surface area contributed by atoms with Gasteiger partial charge in [0.2, 0.25) is 0 Å². The SMILES string of the molecule is C=CCN(C)c1ccc(-c2ccc(-c3ccccc3)cc2)cc1. The van der Waals surface area contributed by atoms with Crippen molar-refractivity contribution in [1.29, 1.82) is 0 Å². The van der Waals surface area contributed by atoms with Gasteiger partial charge in [0.25, 0.3) is 0 Å². The lowest BCUT2D eigenvalue weighted by Gasteiger charge is -2.17. The lowest BCUT2D eigenvalue weighted by atomic mass is 10.0. The molecule has 0 amide bonds. The van der Waals surface area contributed by atoms with Crippen LogP contribution in [0.2, 0.25) is 0 Å². The normalized spacial score (nSPS) is 10.3. The first-order chi connectivity index (χ1) is 11.3. The van der Waals surface area contributed by atoms with Crippen LogP contribution in [0.4, 0.5) is 5.69 Å². The number of anilines is 1. The fraction of sp³-hybridized carbons (Fsp3) is 0.0909. The standard InChI is InChI=1S/C22H21N/c1-3-17-23(2)22-15-13-21(14-16-22)20-11-9-19(10-12-20)18-7-5-4-6-8-18/h3-16H,1,17H2,2H3. The Balaban J connectivity index is 1.81. The van der Waals surface area contributed by atoms with Crippen molar-refractivity contribution in [1.82, 2.24) is 0 Å². The maximum absolute atomic E-state index is 3.78. The number of likely N-dealkylation sites (N-methyl/N-ethyl adjacent to an activating group) is 1. The van der Waals surface area contributed by atoms with E-state index in [0.717, 1.165) is 6.54 Å². The molecule has 0 aromatic heterocycles. The van der Waals surface area contributed by atoms with Crippen LogP contribution in [-0.2, 0) is 0 Å². The summed E-state index contributed by atoms with van der Waals surface area (Å²) >= 11 is 0. The van der Waals surface area contributed by atoms with Gasteiger partial charge >= 0.3 is 0 Å². The van der Waals surface area contributed by atoms with Crippen molar-refractivity contribution in [2.45, 2.75) is 0 Å². The summed E-state index contributed by atoms with van der Waals surface area (Å²) in [5, 5.41) is 0. The van der Waals surface area contributed by atoms with Crippen LogP contribution in [0.3, 0.4) is 0 Å². The Morgan fingerprint density at radius 1 is 0.696 bits per heavy atom. The average molecular weight is 299 g/mol. The molecule has 23 heavy (non-hydrogen) atoms. The van der Waals surface area contributed by atoms with Crippen LogP contribution in [0.1, 0.15) is 0 Å². The van der Waals surface area contributed by atoms with Gasteiger partial charge in [0.1, 0.15) is 0 Å². The Morgan fingerprint density at radius 3 is 1.61 bits per heavy atom. The lowest BCUT2D eigenvalue weighted by molar-refractivity contribution is 1.03. The second kappa shape index (κ2) is 6.97. The summed E-state index contributed by atoms with van der Waals surface area (Å²) < 4.78 is 0. The van der Waals surface area contributed by atoms with Gasteiger partial charge in [-0.2, -0.15) is 0 Å². The molecule has 3 rings (SSSR count). The predicted molar refractivity (Wildman–Crippen MR) is 101 cm³/mol. The largest absolute Gasteiger partial charge is 0.371 e. The molecule has 114 valence electrons. The van der Waals surface area contributed by atoms with Crippen molar-refractivity contribution in [3.63, 3.8) is 0 Å². The van der Waals surface area contributed by atoms with Crippen molar-refractivity contribution in [2.24, 2.45) is 0 Å². The number of nitrogens with zero attached hydrogens (tertiary/aromatic N) is 1. The molecule has 1 nitrogen and oxygen atoms in total. The second-order valence-electron chi connectivity index (χ2n) is 5.66. The first kappa shape index (κ1) is 15.1. The smallest absolute Gasteiger partial charge is 0.0366 e. The molecule has 0 saturated heterocycles. The molecule has 0 aliphatic carbocycles. The summed E-state index contributed by atoms with van der Waals surface area (Å²) in [4.78, 5) is 2.18. The first-order valence-electron chi connectivity index (χ1n) is 7.86. The molecule has 0 N–H and O–H groups in total. The molecule has 0 bridgehead atoms. The third-order valence-corrected chi connectivity index (χ3v) is 4.04. The van der Waals surface area contributed by atoms with Crippen molar-refractivity contribution < 1.29 is 0 Å². The molecular formula is C22H21N. The molecule has 0 radical (unpaired) electrons. The predicted octanol–water partition coefficient (Wildman–Crippen LogP) is 5.64. The van der Waals surface area contributed by atoms with Crippen molar-refractivity contribution in [3.05, 3.63) is 91.5 Å². The van der Waals surface area contributed by atoms with Crippen LogP contribution in [0.25, 0.3) is 22.3 Å². The molecule has 0 atom stereocenters. The summed E-state index contributed by atoms with van der Waals surface area (Å²) in [5.74, 6) is 0. The Kier molecular flexibility index (Phi) is 4.58. The van der Waals surface area contributed by atoms with Crippen molar-refractivity contribution >= 4 is 5.69 Å². The Bertz CT molecular complexity index is 755. The van der Waals surface area contributed by atoms with Crippen molar-refractivity contribution in [3.8, 4) is 22.3 Å². The van der Waals surface area contributed by atoms with Gasteiger partial charge in [-0.15, -0.1) is 6.58 Å². The molecule has 0 saturated carbocycles. The third kappa shape index (κ3) is 3.51. The molecular weight excluding hydrogens is 278 g/mol. The minimum absolute atomic E-state index is 0.852. The number of hydrogen-bond donors (Lipinski definition) is 0. The maximum atomic E-state index is 3.78. The molecule has 0 spiro atoms. The van der Waals surface area contributed by atoms with E-state index in [1.807, 2.05) is 12.1 Å². The van der Waals surface area contributed by atoms with E-state index in [0.29, 0.717) is 0 Å². The van der Waals surface area contributed by atoms with E-state index in [9.17, 15) is 0 Å². The summed E-state index contributed by atoms with van der Waals surface area (Å²) in [6.45, 7) is 4.64. The molecule has 3 aromatic rings. The Labute approximate surface area is 138 Å². The zero-order valence-corrected chi connectivity index (χ0v) is 13.4. The fourth-order valence-electron chi connectivity index (χ4n) is 2.69. The van der Waals surface area contributed by atoms with E-state index in [1.54, 1.807) is 0 Å². The number of rotatable bonds is 5. The third-order valence-electron chi connectivity index (χ3n) is 4.04. The van der Waals surface area contributed by atoms with Gasteiger partial charge in [0, 0.05) is 19.3 Å². The summed E-state index contributed by atoms with van der Waals surface area (Å²) in [6, 6.07) is 27.9. The Hall–Kier alpha value is -2.80. The van der Waals surface area contributed by atoms with Crippen LogP contribution in [-0.4, -0.2) is 13.6 Å². The highest BCUT2D eigenvalue weighted by Crippen LogP contribution is 2.26. The van der Waals surface area contributed by atoms with Gasteiger partial charge < -0.3 is 4.90 Å². The van der Waals surface area contributed by atoms with Crippen LogP contribution in [0.5, 0.6) is 0 Å². The molecule has 0 aliphatic rings. The lowest BCUT2D eigenvalue weighted by Crippen LogP contribution is -2.16. The number of benzene rings is 3. The molecule has 1 heteroatoms. The highest BCUT2D eigenvalue weighted by Gasteiger charge is 2.02. The molecule has 0 heterocycles. The van der Waals surface area contributed by atoms with E-state index in [2.05, 4.69) is 91.3 Å². The highest BCUT2D eigenvalue weighted by atomic mass is 15.1. The van der Waals surface area contributed by atoms with Crippen LogP contribution >= 0.6 is 0 Å². The van der Waals surface area contributed by atoms with Crippen molar-refractivity contribution in [2.75, 3.05) is 18.5 Å². The van der Waals surface area contributed by atoms with E-state index < -0.39 is 0 Å². The average Bonchev–Trinajstić information content (AvgIpc) is 2.63. The van der Waals surface area contributed by atoms with Gasteiger partial charge in [-0.1, -0.05) is 72.8 Å². The summed E-state index contributed by atoms with van der Waals surface area (Å²) in [6.07, 6.45) is 1.91. The van der Waals surface area contributed by atoms with Gasteiger partial charge in [-0.05, 0) is 34.4 Å². The monoisotopic (exact) mass is 299 g/mol. The summed E-state index contributed by atoms with van der Waals surface area (Å²) in [5.41, 5.74) is 6.18. The van der Waals surface area contributed by atoms with Gasteiger partial charge in [0.15, 0.2) is 0 Å². The van der Waals surface area contributed by atoms with Gasteiger partial charge in [0.05, 0.1) is 0 Å². The highest BCUT2D eigenvalue weighted by molar-refractivity contribution is 5.71. The Morgan fingerprint density at radius 2 is 1.13 bits per heavy atom. The number of hydrogen-bond acceptors (Lipinski definition) is 1. The molecule has 0 aliphatic heterocycles. The molecule has 0 unspecified atom stereocenters. The van der Waals surface area contributed by atoms with Gasteiger partial charge in [-0.25, -0.2) is 0 Å². The van der Waals surface area contributed by atoms with Gasteiger partial charge in [-0.3, -0.25) is 0 Å². The van der Waals surface area contributed by atoms with Crippen LogP contribution in [0.15, 0.2) is 91.5 Å². The zero-order valence-electron chi connectivity index (χ0n) is 13.4. The topological polar surface area (TPSA) is 3.24 Å². The summed E-state index contributed by atoms with van der Waals surface area (Å²) in [7, 11) is 2.07. The van der Waals surface area contributed by atoms with E-state index >= 15 is 0 Å². The van der Waals surface area contributed by atoms with E-state index in [1.165, 1.54) is 27.9 Å². The minimum Gasteiger partial charge on any atom is -0.371 e. The van der Waals surface area contributed by atoms with Crippen LogP contribution < -0.4 is 4.90 Å². The maximum Gasteiger partial charge on any atom is 0.0366 e. The first-order valence-corrected chi connectivity index (χ1v) is 7.86.